The molecule has 0 radical (unpaired) electrons. The summed E-state index contributed by atoms with van der Waals surface area (Å²) in [4.78, 5) is 20.1. The number of hydrogen-bond acceptors (Lipinski definition) is 3. The second-order valence-corrected chi connectivity index (χ2v) is 6.44. The van der Waals surface area contributed by atoms with Gasteiger partial charge in [-0.3, -0.25) is 4.84 Å². The molecular formula is C16H20N2O3. The fourth-order valence-electron chi connectivity index (χ4n) is 3.79. The number of fused-ring (bicyclic) bond motifs is 3. The normalized spacial score (nSPS) is 29.3. The van der Waals surface area contributed by atoms with Crippen LogP contribution in [0.3, 0.4) is 0 Å². The van der Waals surface area contributed by atoms with Gasteiger partial charge in [0.05, 0.1) is 18.7 Å². The van der Waals surface area contributed by atoms with E-state index in [1.54, 1.807) is 9.96 Å². The predicted octanol–water partition coefficient (Wildman–Crippen LogP) is 1.77. The highest BCUT2D eigenvalue weighted by Gasteiger charge is 2.62. The molecule has 5 nitrogen and oxygen atoms in total. The van der Waals surface area contributed by atoms with Gasteiger partial charge in [0, 0.05) is 6.54 Å². The van der Waals surface area contributed by atoms with Crippen LogP contribution in [-0.2, 0) is 11.4 Å². The van der Waals surface area contributed by atoms with Gasteiger partial charge in [-0.05, 0) is 30.2 Å². The van der Waals surface area contributed by atoms with Crippen LogP contribution in [0, 0.1) is 5.41 Å². The number of carbonyl (C=O) groups excluding carboxylic acids is 1. The SMILES string of the molecule is O=C1N2C[C@@H](N1OCc1ccccc1)C1(CC1)C[C@H]2CO. The number of rotatable bonds is 4. The third-order valence-electron chi connectivity index (χ3n) is 5.19. The Kier molecular flexibility index (Phi) is 2.94. The van der Waals surface area contributed by atoms with E-state index in [4.69, 9.17) is 4.84 Å². The van der Waals surface area contributed by atoms with Crippen LogP contribution in [0.15, 0.2) is 30.3 Å². The minimum absolute atomic E-state index is 0.0402. The average Bonchev–Trinajstić information content (AvgIpc) is 3.23. The van der Waals surface area contributed by atoms with Gasteiger partial charge in [0.25, 0.3) is 0 Å². The summed E-state index contributed by atoms with van der Waals surface area (Å²) >= 11 is 0. The molecule has 0 unspecified atom stereocenters. The van der Waals surface area contributed by atoms with Crippen LogP contribution in [0.1, 0.15) is 24.8 Å². The summed E-state index contributed by atoms with van der Waals surface area (Å²) in [6.45, 7) is 1.16. The van der Waals surface area contributed by atoms with Gasteiger partial charge in [0.1, 0.15) is 6.61 Å². The third kappa shape index (κ3) is 2.03. The van der Waals surface area contributed by atoms with Crippen LogP contribution >= 0.6 is 0 Å². The largest absolute Gasteiger partial charge is 0.394 e. The molecular weight excluding hydrogens is 268 g/mol. The van der Waals surface area contributed by atoms with Gasteiger partial charge < -0.3 is 10.0 Å². The van der Waals surface area contributed by atoms with E-state index in [9.17, 15) is 9.90 Å². The molecule has 4 rings (SSSR count). The molecule has 3 aliphatic rings. The number of amides is 2. The summed E-state index contributed by atoms with van der Waals surface area (Å²) in [6, 6.07) is 9.92. The maximum atomic E-state index is 12.5. The van der Waals surface area contributed by atoms with Crippen molar-refractivity contribution in [3.8, 4) is 0 Å². The number of urea groups is 1. The highest BCUT2D eigenvalue weighted by Crippen LogP contribution is 2.59. The fraction of sp³-hybridized carbons (Fsp3) is 0.562. The molecule has 1 aromatic carbocycles. The summed E-state index contributed by atoms with van der Waals surface area (Å²) in [5.41, 5.74) is 1.25. The molecule has 1 aliphatic carbocycles. The summed E-state index contributed by atoms with van der Waals surface area (Å²) in [5, 5.41) is 11.1. The number of carbonyl (C=O) groups is 1. The maximum Gasteiger partial charge on any atom is 0.344 e. The van der Waals surface area contributed by atoms with E-state index in [0.717, 1.165) is 24.8 Å². The molecule has 2 saturated heterocycles. The topological polar surface area (TPSA) is 53.0 Å². The first kappa shape index (κ1) is 13.1. The first-order chi connectivity index (χ1) is 10.2. The van der Waals surface area contributed by atoms with Crippen LogP contribution in [0.4, 0.5) is 4.79 Å². The van der Waals surface area contributed by atoms with Crippen LogP contribution in [0.5, 0.6) is 0 Å². The maximum absolute atomic E-state index is 12.5. The zero-order valence-corrected chi connectivity index (χ0v) is 11.9. The van der Waals surface area contributed by atoms with Crippen molar-refractivity contribution in [1.29, 1.82) is 0 Å². The first-order valence-electron chi connectivity index (χ1n) is 7.61. The van der Waals surface area contributed by atoms with Crippen LogP contribution in [-0.4, -0.2) is 46.3 Å². The third-order valence-corrected chi connectivity index (χ3v) is 5.19. The molecule has 2 bridgehead atoms. The summed E-state index contributed by atoms with van der Waals surface area (Å²) in [6.07, 6.45) is 3.19. The second kappa shape index (κ2) is 4.71. The Morgan fingerprint density at radius 1 is 1.29 bits per heavy atom. The monoisotopic (exact) mass is 288 g/mol. The molecule has 2 amide bonds. The van der Waals surface area contributed by atoms with Crippen molar-refractivity contribution in [3.05, 3.63) is 35.9 Å². The van der Waals surface area contributed by atoms with E-state index in [0.29, 0.717) is 13.2 Å². The highest BCUT2D eigenvalue weighted by atomic mass is 16.7. The number of nitrogens with zero attached hydrogens (tertiary/aromatic N) is 2. The van der Waals surface area contributed by atoms with E-state index >= 15 is 0 Å². The number of aliphatic hydroxyl groups is 1. The minimum Gasteiger partial charge on any atom is -0.394 e. The Morgan fingerprint density at radius 3 is 2.71 bits per heavy atom. The van der Waals surface area contributed by atoms with E-state index in [1.807, 2.05) is 30.3 Å². The predicted molar refractivity (Wildman–Crippen MR) is 76.1 cm³/mol. The average molecular weight is 288 g/mol. The number of piperidine rings is 1. The molecule has 1 aromatic rings. The molecule has 112 valence electrons. The Labute approximate surface area is 124 Å². The van der Waals surface area contributed by atoms with E-state index in [-0.39, 0.29) is 30.1 Å². The highest BCUT2D eigenvalue weighted by molar-refractivity contribution is 5.77. The van der Waals surface area contributed by atoms with E-state index in [2.05, 4.69) is 0 Å². The van der Waals surface area contributed by atoms with Crippen molar-refractivity contribution >= 4 is 6.03 Å². The Bertz CT molecular complexity index is 544. The quantitative estimate of drug-likeness (QED) is 0.918. The molecule has 2 atom stereocenters. The minimum atomic E-state index is -0.0845. The van der Waals surface area contributed by atoms with Crippen molar-refractivity contribution < 1.29 is 14.7 Å². The number of aliphatic hydroxyl groups excluding tert-OH is 1. The number of hydroxylamine groups is 2. The first-order valence-corrected chi connectivity index (χ1v) is 7.61. The zero-order valence-electron chi connectivity index (χ0n) is 11.9. The summed E-state index contributed by atoms with van der Waals surface area (Å²) in [7, 11) is 0. The van der Waals surface area contributed by atoms with Crippen molar-refractivity contribution in [1.82, 2.24) is 9.96 Å². The molecule has 2 heterocycles. The molecule has 21 heavy (non-hydrogen) atoms. The smallest absolute Gasteiger partial charge is 0.344 e. The Morgan fingerprint density at radius 2 is 2.05 bits per heavy atom. The standard InChI is InChI=1S/C16H20N2O3/c19-10-13-8-16(6-7-16)14-9-17(13)15(20)18(14)21-11-12-4-2-1-3-5-12/h1-5,13-14,19H,6-11H2/t13-,14+/m0/s1. The van der Waals surface area contributed by atoms with Gasteiger partial charge in [-0.15, -0.1) is 0 Å². The molecule has 0 aromatic heterocycles. The van der Waals surface area contributed by atoms with Crippen molar-refractivity contribution in [2.75, 3.05) is 13.2 Å². The molecule has 5 heteroatoms. The molecule has 2 aliphatic heterocycles. The number of hydrogen-bond donors (Lipinski definition) is 1. The fourth-order valence-corrected chi connectivity index (χ4v) is 3.79. The lowest BCUT2D eigenvalue weighted by molar-refractivity contribution is -0.153. The van der Waals surface area contributed by atoms with Gasteiger partial charge in [-0.2, -0.15) is 5.06 Å². The lowest BCUT2D eigenvalue weighted by atomic mass is 9.85. The summed E-state index contributed by atoms with van der Waals surface area (Å²) in [5.74, 6) is 0. The molecule has 1 spiro atoms. The molecule has 1 N–H and O–H groups in total. The Balaban J connectivity index is 1.52. The van der Waals surface area contributed by atoms with Gasteiger partial charge in [-0.25, -0.2) is 4.79 Å². The van der Waals surface area contributed by atoms with Crippen molar-refractivity contribution in [3.63, 3.8) is 0 Å². The van der Waals surface area contributed by atoms with Crippen molar-refractivity contribution in [2.45, 2.75) is 38.0 Å². The van der Waals surface area contributed by atoms with Gasteiger partial charge >= 0.3 is 6.03 Å². The van der Waals surface area contributed by atoms with Crippen LogP contribution < -0.4 is 0 Å². The lowest BCUT2D eigenvalue weighted by Crippen LogP contribution is -2.47. The van der Waals surface area contributed by atoms with E-state index in [1.165, 1.54) is 0 Å². The van der Waals surface area contributed by atoms with Crippen LogP contribution in [0.2, 0.25) is 0 Å². The molecule has 1 saturated carbocycles. The molecule has 3 fully saturated rings. The van der Waals surface area contributed by atoms with Gasteiger partial charge in [0.2, 0.25) is 0 Å². The lowest BCUT2D eigenvalue weighted by Gasteiger charge is -2.35. The number of benzene rings is 1. The van der Waals surface area contributed by atoms with Crippen molar-refractivity contribution in [2.24, 2.45) is 5.41 Å². The van der Waals surface area contributed by atoms with Gasteiger partial charge in [-0.1, -0.05) is 30.3 Å². The second-order valence-electron chi connectivity index (χ2n) is 6.44. The van der Waals surface area contributed by atoms with E-state index < -0.39 is 0 Å². The summed E-state index contributed by atoms with van der Waals surface area (Å²) < 4.78 is 0. The zero-order chi connectivity index (χ0) is 14.4. The Hall–Kier alpha value is -1.59. The van der Waals surface area contributed by atoms with Gasteiger partial charge in [0.15, 0.2) is 0 Å². The van der Waals surface area contributed by atoms with Crippen LogP contribution in [0.25, 0.3) is 0 Å².